The van der Waals surface area contributed by atoms with E-state index >= 15 is 0 Å². The zero-order chi connectivity index (χ0) is 15.1. The molecular formula is C14H22ClN3O2. The zero-order valence-corrected chi connectivity index (χ0v) is 12.9. The summed E-state index contributed by atoms with van der Waals surface area (Å²) in [5.74, 6) is 5.35. The standard InChI is InChI=1S/C14H22ClN3O2/c1-4-10(2)18(7-8-20-3)14(19)12-9-11(15)5-6-13(12)17-16/h5-6,9-10,17H,4,7-8,16H2,1-3H3. The van der Waals surface area contributed by atoms with Gasteiger partial charge in [0.2, 0.25) is 0 Å². The van der Waals surface area contributed by atoms with E-state index < -0.39 is 0 Å². The van der Waals surface area contributed by atoms with Gasteiger partial charge in [-0.25, -0.2) is 0 Å². The Balaban J connectivity index is 3.07. The van der Waals surface area contributed by atoms with E-state index in [1.54, 1.807) is 30.2 Å². The van der Waals surface area contributed by atoms with Crippen molar-refractivity contribution >= 4 is 23.2 Å². The highest BCUT2D eigenvalue weighted by atomic mass is 35.5. The lowest BCUT2D eigenvalue weighted by atomic mass is 10.1. The maximum Gasteiger partial charge on any atom is 0.256 e. The number of nitrogen functional groups attached to an aromatic ring is 1. The van der Waals surface area contributed by atoms with Gasteiger partial charge in [0.15, 0.2) is 0 Å². The molecule has 0 radical (unpaired) electrons. The van der Waals surface area contributed by atoms with Crippen LogP contribution < -0.4 is 11.3 Å². The average molecular weight is 300 g/mol. The number of anilines is 1. The first-order valence-electron chi connectivity index (χ1n) is 6.61. The molecule has 1 atom stereocenters. The first kappa shape index (κ1) is 16.8. The van der Waals surface area contributed by atoms with E-state index in [9.17, 15) is 4.79 Å². The number of nitrogens with one attached hydrogen (secondary N) is 1. The van der Waals surface area contributed by atoms with Crippen molar-refractivity contribution in [3.63, 3.8) is 0 Å². The summed E-state index contributed by atoms with van der Waals surface area (Å²) < 4.78 is 5.07. The summed E-state index contributed by atoms with van der Waals surface area (Å²) in [5.41, 5.74) is 3.56. The van der Waals surface area contributed by atoms with Crippen LogP contribution in [-0.4, -0.2) is 37.1 Å². The number of carbonyl (C=O) groups excluding carboxylic acids is 1. The molecule has 0 aliphatic heterocycles. The van der Waals surface area contributed by atoms with Gasteiger partial charge in [0.25, 0.3) is 5.91 Å². The number of methoxy groups -OCH3 is 1. The minimum atomic E-state index is -0.105. The highest BCUT2D eigenvalue weighted by molar-refractivity contribution is 6.31. The molecule has 112 valence electrons. The topological polar surface area (TPSA) is 67.6 Å². The Labute approximate surface area is 125 Å². The summed E-state index contributed by atoms with van der Waals surface area (Å²) in [4.78, 5) is 14.5. The summed E-state index contributed by atoms with van der Waals surface area (Å²) in [6.07, 6.45) is 0.863. The highest BCUT2D eigenvalue weighted by Gasteiger charge is 2.22. The van der Waals surface area contributed by atoms with E-state index in [-0.39, 0.29) is 11.9 Å². The maximum atomic E-state index is 12.7. The van der Waals surface area contributed by atoms with Crippen molar-refractivity contribution in [1.82, 2.24) is 4.90 Å². The van der Waals surface area contributed by atoms with E-state index in [1.807, 2.05) is 13.8 Å². The molecule has 0 aliphatic rings. The lowest BCUT2D eigenvalue weighted by molar-refractivity contribution is 0.0615. The molecule has 1 amide bonds. The molecule has 0 heterocycles. The number of ether oxygens (including phenoxy) is 1. The monoisotopic (exact) mass is 299 g/mol. The van der Waals surface area contributed by atoms with Crippen LogP contribution in [0.1, 0.15) is 30.6 Å². The molecular weight excluding hydrogens is 278 g/mol. The fraction of sp³-hybridized carbons (Fsp3) is 0.500. The third kappa shape index (κ3) is 4.10. The smallest absolute Gasteiger partial charge is 0.256 e. The number of hydrogen-bond acceptors (Lipinski definition) is 4. The number of carbonyl (C=O) groups is 1. The second-order valence-corrected chi connectivity index (χ2v) is 5.02. The van der Waals surface area contributed by atoms with Crippen LogP contribution in [0.25, 0.3) is 0 Å². The second kappa shape index (κ2) is 8.09. The molecule has 0 bridgehead atoms. The van der Waals surface area contributed by atoms with Crippen LogP contribution in [0.5, 0.6) is 0 Å². The third-order valence-corrected chi connectivity index (χ3v) is 3.52. The average Bonchev–Trinajstić information content (AvgIpc) is 2.46. The molecule has 0 aliphatic carbocycles. The third-order valence-electron chi connectivity index (χ3n) is 3.29. The van der Waals surface area contributed by atoms with Gasteiger partial charge < -0.3 is 15.1 Å². The summed E-state index contributed by atoms with van der Waals surface area (Å²) in [6.45, 7) is 5.06. The number of nitrogens with two attached hydrogens (primary N) is 1. The van der Waals surface area contributed by atoms with Gasteiger partial charge in [0.1, 0.15) is 0 Å². The highest BCUT2D eigenvalue weighted by Crippen LogP contribution is 2.22. The number of amides is 1. The molecule has 1 rings (SSSR count). The van der Waals surface area contributed by atoms with Crippen molar-refractivity contribution in [2.24, 2.45) is 5.84 Å². The Kier molecular flexibility index (Phi) is 6.78. The van der Waals surface area contributed by atoms with Crippen LogP contribution in [0.3, 0.4) is 0 Å². The van der Waals surface area contributed by atoms with Crippen molar-refractivity contribution in [3.05, 3.63) is 28.8 Å². The van der Waals surface area contributed by atoms with Crippen LogP contribution in [0.2, 0.25) is 5.02 Å². The summed E-state index contributed by atoms with van der Waals surface area (Å²) in [5, 5.41) is 0.503. The second-order valence-electron chi connectivity index (χ2n) is 4.58. The van der Waals surface area contributed by atoms with E-state index in [0.29, 0.717) is 29.4 Å². The molecule has 0 saturated carbocycles. The van der Waals surface area contributed by atoms with Crippen LogP contribution in [-0.2, 0) is 4.74 Å². The number of rotatable bonds is 7. The van der Waals surface area contributed by atoms with Gasteiger partial charge in [0, 0.05) is 24.7 Å². The molecule has 5 nitrogen and oxygen atoms in total. The predicted molar refractivity (Wildman–Crippen MR) is 81.9 cm³/mol. The van der Waals surface area contributed by atoms with Crippen LogP contribution in [0, 0.1) is 0 Å². The molecule has 0 aromatic heterocycles. The fourth-order valence-corrected chi connectivity index (χ4v) is 2.08. The van der Waals surface area contributed by atoms with Crippen molar-refractivity contribution in [3.8, 4) is 0 Å². The summed E-state index contributed by atoms with van der Waals surface area (Å²) in [6, 6.07) is 5.13. The lowest BCUT2D eigenvalue weighted by Crippen LogP contribution is -2.40. The van der Waals surface area contributed by atoms with E-state index in [2.05, 4.69) is 5.43 Å². The van der Waals surface area contributed by atoms with Gasteiger partial charge in [-0.05, 0) is 31.5 Å². The summed E-state index contributed by atoms with van der Waals surface area (Å²) >= 11 is 5.98. The molecule has 1 unspecified atom stereocenters. The molecule has 1 aromatic carbocycles. The van der Waals surface area contributed by atoms with Crippen molar-refractivity contribution in [2.75, 3.05) is 25.7 Å². The molecule has 3 N–H and O–H groups in total. The first-order valence-corrected chi connectivity index (χ1v) is 6.99. The van der Waals surface area contributed by atoms with Gasteiger partial charge in [-0.15, -0.1) is 0 Å². The number of benzene rings is 1. The fourth-order valence-electron chi connectivity index (χ4n) is 1.91. The van der Waals surface area contributed by atoms with Gasteiger partial charge >= 0.3 is 0 Å². The Bertz CT molecular complexity index is 454. The number of hydrogen-bond donors (Lipinski definition) is 2. The molecule has 0 saturated heterocycles. The SMILES string of the molecule is CCC(C)N(CCOC)C(=O)c1cc(Cl)ccc1NN. The Morgan fingerprint density at radius 2 is 2.25 bits per heavy atom. The lowest BCUT2D eigenvalue weighted by Gasteiger charge is -2.29. The minimum Gasteiger partial charge on any atom is -0.383 e. The van der Waals surface area contributed by atoms with Crippen LogP contribution >= 0.6 is 11.6 Å². The first-order chi connectivity index (χ1) is 9.54. The number of nitrogens with zero attached hydrogens (tertiary/aromatic N) is 1. The number of halogens is 1. The summed E-state index contributed by atoms with van der Waals surface area (Å²) in [7, 11) is 1.62. The van der Waals surface area contributed by atoms with E-state index in [1.165, 1.54) is 0 Å². The normalized spacial score (nSPS) is 12.1. The quantitative estimate of drug-likeness (QED) is 0.600. The molecule has 20 heavy (non-hydrogen) atoms. The van der Waals surface area contributed by atoms with Crippen LogP contribution in [0.15, 0.2) is 18.2 Å². The number of hydrazine groups is 1. The molecule has 1 aromatic rings. The largest absolute Gasteiger partial charge is 0.383 e. The van der Waals surface area contributed by atoms with Crippen LogP contribution in [0.4, 0.5) is 5.69 Å². The molecule has 0 spiro atoms. The van der Waals surface area contributed by atoms with Gasteiger partial charge in [-0.3, -0.25) is 10.6 Å². The Hall–Kier alpha value is -1.30. The van der Waals surface area contributed by atoms with Gasteiger partial charge in [0.05, 0.1) is 17.9 Å². The molecule has 0 fully saturated rings. The predicted octanol–water partition coefficient (Wildman–Crippen LogP) is 2.51. The van der Waals surface area contributed by atoms with E-state index in [0.717, 1.165) is 6.42 Å². The molecule has 6 heteroatoms. The van der Waals surface area contributed by atoms with Gasteiger partial charge in [-0.2, -0.15) is 0 Å². The zero-order valence-electron chi connectivity index (χ0n) is 12.1. The maximum absolute atomic E-state index is 12.7. The van der Waals surface area contributed by atoms with Crippen molar-refractivity contribution in [1.29, 1.82) is 0 Å². The Morgan fingerprint density at radius 3 is 2.80 bits per heavy atom. The van der Waals surface area contributed by atoms with Gasteiger partial charge in [-0.1, -0.05) is 18.5 Å². The van der Waals surface area contributed by atoms with Crippen molar-refractivity contribution < 1.29 is 9.53 Å². The Morgan fingerprint density at radius 1 is 1.55 bits per heavy atom. The van der Waals surface area contributed by atoms with Crippen molar-refractivity contribution in [2.45, 2.75) is 26.3 Å². The minimum absolute atomic E-state index is 0.105. The van der Waals surface area contributed by atoms with E-state index in [4.69, 9.17) is 22.2 Å².